The molecule has 0 heterocycles. The predicted octanol–water partition coefficient (Wildman–Crippen LogP) is 13.1. The number of benzene rings is 4. The molecule has 0 fully saturated rings. The molecule has 0 aromatic heterocycles. The van der Waals surface area contributed by atoms with Crippen LogP contribution >= 0.6 is 0 Å². The van der Waals surface area contributed by atoms with E-state index in [1.807, 2.05) is 0 Å². The van der Waals surface area contributed by atoms with Crippen LogP contribution in [0, 0.1) is 0 Å². The molecule has 0 unspecified atom stereocenters. The first kappa shape index (κ1) is 44.5. The smallest absolute Gasteiger partial charge is 0.394 e. The third-order valence-electron chi connectivity index (χ3n) is 8.67. The third-order valence-corrected chi connectivity index (χ3v) is 8.67. The van der Waals surface area contributed by atoms with Gasteiger partial charge in [0.15, 0.2) is 0 Å². The summed E-state index contributed by atoms with van der Waals surface area (Å²) in [7, 11) is -4.67. The Morgan fingerprint density at radius 1 is 0.460 bits per heavy atom. The van der Waals surface area contributed by atoms with Crippen molar-refractivity contribution in [3.05, 3.63) is 108 Å². The maximum atomic E-state index is 8.74. The zero-order chi connectivity index (χ0) is 34.5. The molecule has 50 heavy (non-hydrogen) atoms. The van der Waals surface area contributed by atoms with E-state index >= 15 is 0 Å². The first-order valence-electron chi connectivity index (χ1n) is 18.0. The summed E-state index contributed by atoms with van der Waals surface area (Å²) in [5, 5.41) is 0. The first-order chi connectivity index (χ1) is 23.3. The normalized spacial score (nSPS) is 10.7. The quantitative estimate of drug-likeness (QED) is 0.0526. The summed E-state index contributed by atoms with van der Waals surface area (Å²) >= 11 is 0. The Morgan fingerprint density at radius 3 is 1.12 bits per heavy atom. The lowest BCUT2D eigenvalue weighted by molar-refractivity contribution is 0.381. The molecule has 276 valence electrons. The van der Waals surface area contributed by atoms with Gasteiger partial charge in [-0.3, -0.25) is 9.11 Å². The van der Waals surface area contributed by atoms with Crippen molar-refractivity contribution in [1.29, 1.82) is 0 Å². The van der Waals surface area contributed by atoms with Crippen LogP contribution in [0.25, 0.3) is 22.3 Å². The highest BCUT2D eigenvalue weighted by Gasteiger charge is 2.17. The van der Waals surface area contributed by atoms with Gasteiger partial charge in [-0.15, -0.1) is 0 Å². The Kier molecular flexibility index (Phi) is 22.6. The summed E-state index contributed by atoms with van der Waals surface area (Å²) in [5.41, 5.74) is 7.72. The lowest BCUT2D eigenvalue weighted by atomic mass is 9.93. The minimum atomic E-state index is -4.67. The van der Waals surface area contributed by atoms with Crippen molar-refractivity contribution in [3.8, 4) is 33.8 Å². The Hall–Kier alpha value is -3.53. The van der Waals surface area contributed by atoms with E-state index in [1.54, 1.807) is 0 Å². The number of ether oxygens (including phenoxy) is 1. The second kappa shape index (κ2) is 25.4. The molecule has 0 spiro atoms. The highest BCUT2D eigenvalue weighted by Crippen LogP contribution is 2.41. The zero-order valence-corrected chi connectivity index (χ0v) is 31.3. The molecule has 0 aliphatic heterocycles. The average Bonchev–Trinajstić information content (AvgIpc) is 3.08. The van der Waals surface area contributed by atoms with Gasteiger partial charge >= 0.3 is 10.4 Å². The SMILES string of the molecule is CCCCCCCCCc1cccc(Oc2cccc(CCCCCCCCC)c2-c2ccccc2)c1-c1ccccc1.N.N.O=S(=O)(O)O. The fourth-order valence-corrected chi connectivity index (χ4v) is 6.27. The van der Waals surface area contributed by atoms with Gasteiger partial charge in [-0.1, -0.05) is 176 Å². The number of aryl methyl sites for hydroxylation is 2. The van der Waals surface area contributed by atoms with Crippen LogP contribution in [0.5, 0.6) is 11.5 Å². The summed E-state index contributed by atoms with van der Waals surface area (Å²) in [6.07, 6.45) is 20.7. The summed E-state index contributed by atoms with van der Waals surface area (Å²) in [6.45, 7) is 4.57. The second-order valence-electron chi connectivity index (χ2n) is 12.6. The van der Waals surface area contributed by atoms with E-state index in [9.17, 15) is 0 Å². The van der Waals surface area contributed by atoms with Gasteiger partial charge in [0.2, 0.25) is 0 Å². The van der Waals surface area contributed by atoms with Gasteiger partial charge in [0.1, 0.15) is 11.5 Å². The van der Waals surface area contributed by atoms with Gasteiger partial charge in [0, 0.05) is 11.1 Å². The maximum absolute atomic E-state index is 8.74. The zero-order valence-electron chi connectivity index (χ0n) is 30.5. The lowest BCUT2D eigenvalue weighted by Gasteiger charge is -2.20. The van der Waals surface area contributed by atoms with E-state index in [4.69, 9.17) is 22.3 Å². The highest BCUT2D eigenvalue weighted by atomic mass is 32.3. The van der Waals surface area contributed by atoms with Crippen molar-refractivity contribution < 1.29 is 22.3 Å². The molecule has 7 nitrogen and oxygen atoms in total. The Balaban J connectivity index is 0.00000167. The van der Waals surface area contributed by atoms with Crippen LogP contribution in [0.3, 0.4) is 0 Å². The van der Waals surface area contributed by atoms with Crippen molar-refractivity contribution in [2.75, 3.05) is 0 Å². The molecule has 0 saturated carbocycles. The molecule has 8 heteroatoms. The van der Waals surface area contributed by atoms with E-state index in [1.165, 1.54) is 123 Å². The Bertz CT molecular complexity index is 1450. The summed E-state index contributed by atoms with van der Waals surface area (Å²) < 4.78 is 38.6. The molecule has 4 aromatic rings. The molecule has 0 radical (unpaired) electrons. The first-order valence-corrected chi connectivity index (χ1v) is 19.4. The second-order valence-corrected chi connectivity index (χ2v) is 13.5. The molecule has 0 atom stereocenters. The molecule has 0 saturated heterocycles. The number of hydrogen-bond donors (Lipinski definition) is 4. The van der Waals surface area contributed by atoms with Gasteiger partial charge in [0.25, 0.3) is 0 Å². The van der Waals surface area contributed by atoms with Gasteiger partial charge in [-0.25, -0.2) is 0 Å². The van der Waals surface area contributed by atoms with Gasteiger partial charge < -0.3 is 17.0 Å². The van der Waals surface area contributed by atoms with Gasteiger partial charge in [-0.05, 0) is 60.1 Å². The van der Waals surface area contributed by atoms with Gasteiger partial charge in [0.05, 0.1) is 0 Å². The van der Waals surface area contributed by atoms with Crippen LogP contribution in [0.15, 0.2) is 97.1 Å². The Morgan fingerprint density at radius 2 is 0.780 bits per heavy atom. The topological polar surface area (TPSA) is 154 Å². The number of unbranched alkanes of at least 4 members (excludes halogenated alkanes) is 12. The van der Waals surface area contributed by atoms with Crippen LogP contribution < -0.4 is 17.0 Å². The lowest BCUT2D eigenvalue weighted by Crippen LogP contribution is -1.98. The van der Waals surface area contributed by atoms with Crippen molar-refractivity contribution in [2.45, 2.75) is 117 Å². The molecule has 0 aliphatic rings. The van der Waals surface area contributed by atoms with Gasteiger partial charge in [-0.2, -0.15) is 8.42 Å². The highest BCUT2D eigenvalue weighted by molar-refractivity contribution is 7.79. The van der Waals surface area contributed by atoms with Crippen molar-refractivity contribution in [1.82, 2.24) is 12.3 Å². The van der Waals surface area contributed by atoms with E-state index in [0.29, 0.717) is 0 Å². The molecular weight excluding hydrogens is 645 g/mol. The van der Waals surface area contributed by atoms with Crippen molar-refractivity contribution in [3.63, 3.8) is 0 Å². The van der Waals surface area contributed by atoms with Crippen molar-refractivity contribution >= 4 is 10.4 Å². The maximum Gasteiger partial charge on any atom is 0.394 e. The monoisotopic (exact) mass is 706 g/mol. The molecular formula is C42H62N2O5S. The third kappa shape index (κ3) is 16.9. The van der Waals surface area contributed by atoms with Crippen LogP contribution in [-0.4, -0.2) is 17.5 Å². The number of rotatable bonds is 20. The Labute approximate surface area is 302 Å². The molecule has 0 amide bonds. The standard InChI is InChI=1S/C42H54O.2H3N.H2O4S/c1-3-5-7-9-11-13-17-25-37-31-23-33-39(41(37)35-27-19-15-20-28-35)43-40-34-24-32-38(26-18-14-12-10-8-6-4-2)42(40)36-29-21-16-22-30-36;;;1-5(2,3)4/h15-16,19-24,27-34H,3-14,17-18,25-26H2,1-2H3;2*1H3;(H2,1,2,3,4). The minimum absolute atomic E-state index is 0. The molecule has 0 aliphatic carbocycles. The average molecular weight is 707 g/mol. The van der Waals surface area contributed by atoms with Crippen LogP contribution in [0.2, 0.25) is 0 Å². The van der Waals surface area contributed by atoms with Crippen LogP contribution in [-0.2, 0) is 23.2 Å². The van der Waals surface area contributed by atoms with E-state index in [0.717, 1.165) is 24.3 Å². The van der Waals surface area contributed by atoms with Crippen LogP contribution in [0.4, 0.5) is 0 Å². The largest absolute Gasteiger partial charge is 0.456 e. The fourth-order valence-electron chi connectivity index (χ4n) is 6.27. The fraction of sp³-hybridized carbons (Fsp3) is 0.429. The van der Waals surface area contributed by atoms with Crippen LogP contribution in [0.1, 0.15) is 115 Å². The van der Waals surface area contributed by atoms with E-state index < -0.39 is 10.4 Å². The van der Waals surface area contributed by atoms with E-state index in [2.05, 4.69) is 111 Å². The van der Waals surface area contributed by atoms with E-state index in [-0.39, 0.29) is 12.3 Å². The summed E-state index contributed by atoms with van der Waals surface area (Å²) in [5.74, 6) is 1.91. The predicted molar refractivity (Wildman–Crippen MR) is 211 cm³/mol. The molecule has 4 aromatic carbocycles. The van der Waals surface area contributed by atoms with Crippen molar-refractivity contribution in [2.24, 2.45) is 0 Å². The number of hydrogen-bond acceptors (Lipinski definition) is 5. The molecule has 4 rings (SSSR count). The minimum Gasteiger partial charge on any atom is -0.456 e. The molecule has 0 bridgehead atoms. The summed E-state index contributed by atoms with van der Waals surface area (Å²) in [6, 6.07) is 35.0. The summed E-state index contributed by atoms with van der Waals surface area (Å²) in [4.78, 5) is 0. The molecule has 8 N–H and O–H groups in total.